The SMILES string of the molecule is CC(=O)Nc1ccc(C(=O)CSCCCCC(=O)O)cc1. The lowest BCUT2D eigenvalue weighted by molar-refractivity contribution is -0.137. The number of Topliss-reactive ketones (excluding diaryl/α,β-unsaturated/α-hetero) is 1. The lowest BCUT2D eigenvalue weighted by atomic mass is 10.1. The highest BCUT2D eigenvalue weighted by Crippen LogP contribution is 2.13. The van der Waals surface area contributed by atoms with Crippen molar-refractivity contribution in [1.29, 1.82) is 0 Å². The highest BCUT2D eigenvalue weighted by molar-refractivity contribution is 7.99. The summed E-state index contributed by atoms with van der Waals surface area (Å²) in [6, 6.07) is 6.79. The van der Waals surface area contributed by atoms with Crippen molar-refractivity contribution < 1.29 is 19.5 Å². The molecule has 0 atom stereocenters. The topological polar surface area (TPSA) is 83.5 Å². The maximum absolute atomic E-state index is 11.9. The van der Waals surface area contributed by atoms with E-state index < -0.39 is 5.97 Å². The van der Waals surface area contributed by atoms with E-state index in [9.17, 15) is 14.4 Å². The zero-order valence-corrected chi connectivity index (χ0v) is 12.7. The number of carbonyl (C=O) groups excluding carboxylic acids is 2. The predicted molar refractivity (Wildman–Crippen MR) is 83.9 cm³/mol. The second-order valence-electron chi connectivity index (χ2n) is 4.59. The summed E-state index contributed by atoms with van der Waals surface area (Å²) >= 11 is 1.51. The number of carboxylic acids is 1. The zero-order chi connectivity index (χ0) is 15.7. The smallest absolute Gasteiger partial charge is 0.303 e. The van der Waals surface area contributed by atoms with E-state index in [1.165, 1.54) is 18.7 Å². The molecule has 0 bridgehead atoms. The van der Waals surface area contributed by atoms with Gasteiger partial charge in [-0.1, -0.05) is 0 Å². The van der Waals surface area contributed by atoms with Gasteiger partial charge in [-0.2, -0.15) is 11.8 Å². The minimum Gasteiger partial charge on any atom is -0.481 e. The summed E-state index contributed by atoms with van der Waals surface area (Å²) in [6.07, 6.45) is 1.62. The van der Waals surface area contributed by atoms with Crippen molar-refractivity contribution in [1.82, 2.24) is 0 Å². The van der Waals surface area contributed by atoms with E-state index in [4.69, 9.17) is 5.11 Å². The normalized spacial score (nSPS) is 10.1. The third-order valence-electron chi connectivity index (χ3n) is 2.69. The number of benzene rings is 1. The number of carbonyl (C=O) groups is 3. The van der Waals surface area contributed by atoms with E-state index in [-0.39, 0.29) is 18.1 Å². The van der Waals surface area contributed by atoms with Gasteiger partial charge in [-0.15, -0.1) is 0 Å². The number of nitrogens with one attached hydrogen (secondary N) is 1. The van der Waals surface area contributed by atoms with Crippen LogP contribution in [-0.2, 0) is 9.59 Å². The molecule has 0 aliphatic heterocycles. The molecule has 21 heavy (non-hydrogen) atoms. The molecule has 114 valence electrons. The van der Waals surface area contributed by atoms with E-state index in [0.29, 0.717) is 23.4 Å². The van der Waals surface area contributed by atoms with E-state index in [1.54, 1.807) is 24.3 Å². The third-order valence-corrected chi connectivity index (χ3v) is 3.73. The van der Waals surface area contributed by atoms with Crippen molar-refractivity contribution in [3.8, 4) is 0 Å². The number of anilines is 1. The quantitative estimate of drug-likeness (QED) is 0.541. The van der Waals surface area contributed by atoms with Crippen LogP contribution in [0.3, 0.4) is 0 Å². The van der Waals surface area contributed by atoms with Crippen LogP contribution in [0.25, 0.3) is 0 Å². The molecule has 5 nitrogen and oxygen atoms in total. The average Bonchev–Trinajstić information content (AvgIpc) is 2.42. The molecule has 0 unspecified atom stereocenters. The Hall–Kier alpha value is -1.82. The van der Waals surface area contributed by atoms with Crippen LogP contribution >= 0.6 is 11.8 Å². The predicted octanol–water partition coefficient (Wildman–Crippen LogP) is 2.82. The maximum atomic E-state index is 11.9. The number of unbranched alkanes of at least 4 members (excludes halogenated alkanes) is 1. The third kappa shape index (κ3) is 7.51. The lowest BCUT2D eigenvalue weighted by Gasteiger charge is -2.04. The molecule has 0 saturated carbocycles. The first kappa shape index (κ1) is 17.2. The molecule has 0 aliphatic carbocycles. The van der Waals surface area contributed by atoms with Crippen LogP contribution in [-0.4, -0.2) is 34.3 Å². The number of ketones is 1. The van der Waals surface area contributed by atoms with Gasteiger partial charge in [0.25, 0.3) is 0 Å². The fourth-order valence-electron chi connectivity index (χ4n) is 1.67. The first-order valence-electron chi connectivity index (χ1n) is 6.69. The molecule has 1 aromatic carbocycles. The van der Waals surface area contributed by atoms with Crippen molar-refractivity contribution in [2.24, 2.45) is 0 Å². The Kier molecular flexibility index (Phi) is 7.53. The number of hydrogen-bond acceptors (Lipinski definition) is 4. The van der Waals surface area contributed by atoms with Gasteiger partial charge in [-0.25, -0.2) is 0 Å². The number of hydrogen-bond donors (Lipinski definition) is 2. The Balaban J connectivity index is 2.28. The monoisotopic (exact) mass is 309 g/mol. The van der Waals surface area contributed by atoms with E-state index >= 15 is 0 Å². The molecule has 0 aromatic heterocycles. The Morgan fingerprint density at radius 2 is 1.81 bits per heavy atom. The van der Waals surface area contributed by atoms with Gasteiger partial charge in [0.05, 0.1) is 5.75 Å². The van der Waals surface area contributed by atoms with Crippen molar-refractivity contribution in [2.45, 2.75) is 26.2 Å². The lowest BCUT2D eigenvalue weighted by Crippen LogP contribution is -2.07. The highest BCUT2D eigenvalue weighted by Gasteiger charge is 2.06. The molecule has 6 heteroatoms. The molecule has 0 fully saturated rings. The number of rotatable bonds is 9. The number of thioether (sulfide) groups is 1. The Bertz CT molecular complexity index is 499. The van der Waals surface area contributed by atoms with Crippen LogP contribution in [0.15, 0.2) is 24.3 Å². The molecule has 0 radical (unpaired) electrons. The summed E-state index contributed by atoms with van der Waals surface area (Å²) in [5, 5.41) is 11.1. The molecule has 1 aromatic rings. The van der Waals surface area contributed by atoms with Gasteiger partial charge in [0.1, 0.15) is 0 Å². The van der Waals surface area contributed by atoms with Gasteiger partial charge in [0.2, 0.25) is 5.91 Å². The minimum atomic E-state index is -0.782. The fourth-order valence-corrected chi connectivity index (χ4v) is 2.58. The standard InChI is InChI=1S/C15H19NO4S/c1-11(17)16-13-7-5-12(6-8-13)14(18)10-21-9-3-2-4-15(19)20/h5-8H,2-4,9-10H2,1H3,(H,16,17)(H,19,20). The molecule has 2 N–H and O–H groups in total. The van der Waals surface area contributed by atoms with Crippen molar-refractivity contribution in [3.63, 3.8) is 0 Å². The van der Waals surface area contributed by atoms with Crippen LogP contribution in [0.4, 0.5) is 5.69 Å². The molecule has 0 spiro atoms. The summed E-state index contributed by atoms with van der Waals surface area (Å²) in [6.45, 7) is 1.43. The van der Waals surface area contributed by atoms with Crippen LogP contribution < -0.4 is 5.32 Å². The molecule has 0 saturated heterocycles. The highest BCUT2D eigenvalue weighted by atomic mass is 32.2. The van der Waals surface area contributed by atoms with Crippen molar-refractivity contribution in [2.75, 3.05) is 16.8 Å². The number of aliphatic carboxylic acids is 1. The molecular formula is C15H19NO4S. The summed E-state index contributed by atoms with van der Waals surface area (Å²) in [4.78, 5) is 33.1. The molecule has 1 rings (SSSR count). The van der Waals surface area contributed by atoms with Crippen LogP contribution in [0.5, 0.6) is 0 Å². The number of carboxylic acid groups (broad SMARTS) is 1. The molecule has 0 heterocycles. The van der Waals surface area contributed by atoms with Gasteiger partial charge < -0.3 is 10.4 Å². The Labute approximate surface area is 128 Å². The fraction of sp³-hybridized carbons (Fsp3) is 0.400. The minimum absolute atomic E-state index is 0.0348. The van der Waals surface area contributed by atoms with Crippen LogP contribution in [0.2, 0.25) is 0 Å². The maximum Gasteiger partial charge on any atom is 0.303 e. The van der Waals surface area contributed by atoms with Gasteiger partial charge in [0.15, 0.2) is 5.78 Å². The van der Waals surface area contributed by atoms with Gasteiger partial charge in [-0.05, 0) is 42.9 Å². The molecule has 1 amide bonds. The van der Waals surface area contributed by atoms with Crippen LogP contribution in [0.1, 0.15) is 36.5 Å². The zero-order valence-electron chi connectivity index (χ0n) is 11.9. The molecule has 0 aliphatic rings. The number of amides is 1. The second kappa shape index (κ2) is 9.18. The van der Waals surface area contributed by atoms with Crippen LogP contribution in [0, 0.1) is 0 Å². The first-order valence-corrected chi connectivity index (χ1v) is 7.85. The summed E-state index contributed by atoms with van der Waals surface area (Å²) < 4.78 is 0. The summed E-state index contributed by atoms with van der Waals surface area (Å²) in [5.41, 5.74) is 1.28. The van der Waals surface area contributed by atoms with Gasteiger partial charge >= 0.3 is 5.97 Å². The second-order valence-corrected chi connectivity index (χ2v) is 5.69. The Morgan fingerprint density at radius 1 is 1.14 bits per heavy atom. The first-order chi connectivity index (χ1) is 9.99. The summed E-state index contributed by atoms with van der Waals surface area (Å²) in [5.74, 6) is 0.268. The molecular weight excluding hydrogens is 290 g/mol. The Morgan fingerprint density at radius 3 is 2.38 bits per heavy atom. The van der Waals surface area contributed by atoms with E-state index in [1.807, 2.05) is 0 Å². The average molecular weight is 309 g/mol. The largest absolute Gasteiger partial charge is 0.481 e. The van der Waals surface area contributed by atoms with E-state index in [2.05, 4.69) is 5.32 Å². The van der Waals surface area contributed by atoms with Gasteiger partial charge in [0, 0.05) is 24.6 Å². The summed E-state index contributed by atoms with van der Waals surface area (Å²) in [7, 11) is 0. The van der Waals surface area contributed by atoms with Gasteiger partial charge in [-0.3, -0.25) is 14.4 Å². The van der Waals surface area contributed by atoms with E-state index in [0.717, 1.165) is 12.2 Å². The van der Waals surface area contributed by atoms with Crippen molar-refractivity contribution >= 4 is 35.1 Å². The van der Waals surface area contributed by atoms with Crippen molar-refractivity contribution in [3.05, 3.63) is 29.8 Å².